The molecule has 1 aliphatic rings. The van der Waals surface area contributed by atoms with E-state index in [0.717, 1.165) is 19.4 Å². The van der Waals surface area contributed by atoms with Crippen LogP contribution in [0, 0.1) is 11.3 Å². The first-order valence-electron chi connectivity index (χ1n) is 7.44. The fourth-order valence-electron chi connectivity index (χ4n) is 2.64. The van der Waals surface area contributed by atoms with E-state index >= 15 is 0 Å². The summed E-state index contributed by atoms with van der Waals surface area (Å²) in [5, 5.41) is 16.0. The largest absolute Gasteiger partial charge is 0.346 e. The number of hydrogen-bond donors (Lipinski definition) is 1. The first-order chi connectivity index (χ1) is 11.2. The summed E-state index contributed by atoms with van der Waals surface area (Å²) in [6, 6.07) is 5.29. The summed E-state index contributed by atoms with van der Waals surface area (Å²) in [4.78, 5) is 22.6. The number of carbonyl (C=O) groups is 1. The fourth-order valence-corrected chi connectivity index (χ4v) is 2.64. The Bertz CT molecular complexity index is 748. The molecule has 1 fully saturated rings. The molecule has 3 heterocycles. The van der Waals surface area contributed by atoms with E-state index in [1.54, 1.807) is 36.3 Å². The van der Waals surface area contributed by atoms with Crippen LogP contribution in [0.25, 0.3) is 0 Å². The highest BCUT2D eigenvalue weighted by atomic mass is 16.2. The van der Waals surface area contributed by atoms with Crippen molar-refractivity contribution in [3.05, 3.63) is 35.9 Å². The monoisotopic (exact) mass is 311 g/mol. The van der Waals surface area contributed by atoms with Gasteiger partial charge in [-0.05, 0) is 25.0 Å². The van der Waals surface area contributed by atoms with Gasteiger partial charge in [0.1, 0.15) is 17.5 Å². The van der Waals surface area contributed by atoms with Crippen molar-refractivity contribution in [2.75, 3.05) is 18.0 Å². The van der Waals surface area contributed by atoms with E-state index in [9.17, 15) is 4.79 Å². The van der Waals surface area contributed by atoms with Crippen LogP contribution in [0.2, 0.25) is 0 Å². The number of rotatable bonds is 3. The summed E-state index contributed by atoms with van der Waals surface area (Å²) < 4.78 is 1.60. The average Bonchev–Trinajstić information content (AvgIpc) is 3.02. The zero-order chi connectivity index (χ0) is 16.2. The second-order valence-corrected chi connectivity index (χ2v) is 5.49. The number of nitriles is 1. The van der Waals surface area contributed by atoms with Crippen molar-refractivity contribution in [3.63, 3.8) is 0 Å². The van der Waals surface area contributed by atoms with Crippen LogP contribution in [0.15, 0.2) is 24.5 Å². The quantitative estimate of drug-likeness (QED) is 0.885. The molecule has 1 unspecified atom stereocenters. The van der Waals surface area contributed by atoms with E-state index in [-0.39, 0.29) is 11.9 Å². The van der Waals surface area contributed by atoms with Gasteiger partial charge in [0.15, 0.2) is 0 Å². The van der Waals surface area contributed by atoms with Gasteiger partial charge < -0.3 is 10.2 Å². The maximum Gasteiger partial charge on any atom is 0.272 e. The molecule has 2 aromatic rings. The summed E-state index contributed by atoms with van der Waals surface area (Å²) in [6.45, 7) is 1.43. The lowest BCUT2D eigenvalue weighted by Crippen LogP contribution is -2.48. The predicted molar refractivity (Wildman–Crippen MR) is 82.7 cm³/mol. The minimum atomic E-state index is -0.177. The highest BCUT2D eigenvalue weighted by Crippen LogP contribution is 2.16. The van der Waals surface area contributed by atoms with Gasteiger partial charge in [0, 0.05) is 38.6 Å². The second kappa shape index (κ2) is 6.44. The predicted octanol–water partition coefficient (Wildman–Crippen LogP) is 0.481. The van der Waals surface area contributed by atoms with Crippen molar-refractivity contribution in [2.24, 2.45) is 7.05 Å². The van der Waals surface area contributed by atoms with Gasteiger partial charge in [0.25, 0.3) is 5.91 Å². The maximum absolute atomic E-state index is 12.2. The summed E-state index contributed by atoms with van der Waals surface area (Å²) in [5.74, 6) is 0.352. The SMILES string of the molecule is Cn1ccc(C(=O)NC2CCCN(c3nccc(C#N)n3)C2)n1. The lowest BCUT2D eigenvalue weighted by Gasteiger charge is -2.33. The Morgan fingerprint density at radius 1 is 1.48 bits per heavy atom. The van der Waals surface area contributed by atoms with Crippen LogP contribution in [0.1, 0.15) is 29.0 Å². The second-order valence-electron chi connectivity index (χ2n) is 5.49. The van der Waals surface area contributed by atoms with Gasteiger partial charge in [-0.2, -0.15) is 10.4 Å². The van der Waals surface area contributed by atoms with Crippen molar-refractivity contribution in [1.82, 2.24) is 25.1 Å². The van der Waals surface area contributed by atoms with E-state index in [1.165, 1.54) is 0 Å². The zero-order valence-corrected chi connectivity index (χ0v) is 12.8. The Hall–Kier alpha value is -2.95. The number of carbonyl (C=O) groups excluding carboxylic acids is 1. The Morgan fingerprint density at radius 3 is 3.09 bits per heavy atom. The Labute approximate surface area is 133 Å². The van der Waals surface area contributed by atoms with Crippen LogP contribution in [0.5, 0.6) is 0 Å². The lowest BCUT2D eigenvalue weighted by molar-refractivity contribution is 0.0927. The molecule has 8 heteroatoms. The highest BCUT2D eigenvalue weighted by Gasteiger charge is 2.24. The number of anilines is 1. The van der Waals surface area contributed by atoms with Crippen molar-refractivity contribution >= 4 is 11.9 Å². The number of nitrogens with zero attached hydrogens (tertiary/aromatic N) is 6. The lowest BCUT2D eigenvalue weighted by atomic mass is 10.1. The van der Waals surface area contributed by atoms with Gasteiger partial charge in [0.2, 0.25) is 5.95 Å². The number of aromatic nitrogens is 4. The van der Waals surface area contributed by atoms with Crippen molar-refractivity contribution in [2.45, 2.75) is 18.9 Å². The molecule has 0 aromatic carbocycles. The minimum absolute atomic E-state index is 0.00704. The van der Waals surface area contributed by atoms with E-state index in [2.05, 4.69) is 20.4 Å². The van der Waals surface area contributed by atoms with Crippen LogP contribution < -0.4 is 10.2 Å². The summed E-state index contributed by atoms with van der Waals surface area (Å²) in [5.41, 5.74) is 0.752. The van der Waals surface area contributed by atoms with E-state index in [0.29, 0.717) is 23.9 Å². The van der Waals surface area contributed by atoms with Gasteiger partial charge in [-0.1, -0.05) is 0 Å². The van der Waals surface area contributed by atoms with E-state index in [4.69, 9.17) is 5.26 Å². The molecule has 1 saturated heterocycles. The molecule has 0 aliphatic carbocycles. The first kappa shape index (κ1) is 15.0. The molecular formula is C15H17N7O. The molecule has 1 N–H and O–H groups in total. The van der Waals surface area contributed by atoms with Crippen molar-refractivity contribution in [1.29, 1.82) is 5.26 Å². The fraction of sp³-hybridized carbons (Fsp3) is 0.400. The number of aryl methyl sites for hydroxylation is 1. The molecule has 0 spiro atoms. The zero-order valence-electron chi connectivity index (χ0n) is 12.8. The maximum atomic E-state index is 12.2. The van der Waals surface area contributed by atoms with Crippen molar-refractivity contribution in [3.8, 4) is 6.07 Å². The molecule has 1 amide bonds. The topological polar surface area (TPSA) is 99.7 Å². The molecule has 3 rings (SSSR count). The Kier molecular flexibility index (Phi) is 4.19. The van der Waals surface area contributed by atoms with Crippen molar-refractivity contribution < 1.29 is 4.79 Å². The van der Waals surface area contributed by atoms with E-state index < -0.39 is 0 Å². The van der Waals surface area contributed by atoms with Crippen LogP contribution in [0.3, 0.4) is 0 Å². The van der Waals surface area contributed by atoms with Crippen LogP contribution in [-0.2, 0) is 7.05 Å². The number of hydrogen-bond acceptors (Lipinski definition) is 6. The smallest absolute Gasteiger partial charge is 0.272 e. The number of nitrogens with one attached hydrogen (secondary N) is 1. The molecule has 8 nitrogen and oxygen atoms in total. The third-order valence-electron chi connectivity index (χ3n) is 3.74. The Balaban J connectivity index is 1.66. The third kappa shape index (κ3) is 3.45. The summed E-state index contributed by atoms with van der Waals surface area (Å²) in [6.07, 6.45) is 5.14. The summed E-state index contributed by atoms with van der Waals surface area (Å²) in [7, 11) is 1.78. The molecule has 0 saturated carbocycles. The van der Waals surface area contributed by atoms with E-state index in [1.807, 2.05) is 11.0 Å². The highest BCUT2D eigenvalue weighted by molar-refractivity contribution is 5.92. The molecule has 0 radical (unpaired) electrons. The standard InChI is InChI=1S/C15H17N7O/c1-21-8-5-13(20-21)14(23)18-12-3-2-7-22(10-12)15-17-6-4-11(9-16)19-15/h4-6,8,12H,2-3,7,10H2,1H3,(H,18,23). The molecule has 118 valence electrons. The Morgan fingerprint density at radius 2 is 2.35 bits per heavy atom. The van der Waals surface area contributed by atoms with Gasteiger partial charge in [-0.3, -0.25) is 9.48 Å². The van der Waals surface area contributed by atoms with Gasteiger partial charge in [-0.25, -0.2) is 9.97 Å². The minimum Gasteiger partial charge on any atom is -0.346 e. The average molecular weight is 311 g/mol. The summed E-state index contributed by atoms with van der Waals surface area (Å²) >= 11 is 0. The molecule has 1 atom stereocenters. The molecule has 2 aromatic heterocycles. The first-order valence-corrected chi connectivity index (χ1v) is 7.44. The van der Waals surface area contributed by atoms with Gasteiger partial charge in [0.05, 0.1) is 0 Å². The van der Waals surface area contributed by atoms with Crippen LogP contribution in [-0.4, -0.2) is 44.8 Å². The van der Waals surface area contributed by atoms with Crippen LogP contribution >= 0.6 is 0 Å². The third-order valence-corrected chi connectivity index (χ3v) is 3.74. The normalized spacial score (nSPS) is 17.6. The molecular weight excluding hydrogens is 294 g/mol. The van der Waals surface area contributed by atoms with Crippen LogP contribution in [0.4, 0.5) is 5.95 Å². The van der Waals surface area contributed by atoms with Gasteiger partial charge >= 0.3 is 0 Å². The molecule has 0 bridgehead atoms. The van der Waals surface area contributed by atoms with Gasteiger partial charge in [-0.15, -0.1) is 0 Å². The number of piperidine rings is 1. The number of amides is 1. The molecule has 1 aliphatic heterocycles. The molecule has 23 heavy (non-hydrogen) atoms.